The molecule has 0 spiro atoms. The zero-order valence-corrected chi connectivity index (χ0v) is 17.3. The lowest BCUT2D eigenvalue weighted by atomic mass is 10.0. The number of para-hydroxylation sites is 2. The van der Waals surface area contributed by atoms with Gasteiger partial charge >= 0.3 is 5.63 Å². The van der Waals surface area contributed by atoms with Gasteiger partial charge in [-0.25, -0.2) is 4.79 Å². The van der Waals surface area contributed by atoms with Crippen LogP contribution in [0.1, 0.15) is 31.4 Å². The van der Waals surface area contributed by atoms with Crippen LogP contribution in [0.4, 0.5) is 5.69 Å². The first-order valence-corrected chi connectivity index (χ1v) is 10.4. The highest BCUT2D eigenvalue weighted by Gasteiger charge is 2.30. The molecule has 1 aromatic heterocycles. The number of fused-ring (bicyclic) bond motifs is 2. The number of nitrogens with one attached hydrogen (secondary N) is 1. The summed E-state index contributed by atoms with van der Waals surface area (Å²) in [5, 5.41) is 3.82. The summed E-state index contributed by atoms with van der Waals surface area (Å²) in [5.41, 5.74) is 3.12. The molecule has 0 saturated carbocycles. The molecule has 1 aliphatic heterocycles. The largest absolute Gasteiger partial charge is 0.477 e. The summed E-state index contributed by atoms with van der Waals surface area (Å²) in [5.74, 6) is 0.544. The van der Waals surface area contributed by atoms with Crippen molar-refractivity contribution in [3.63, 3.8) is 0 Å². The second kappa shape index (κ2) is 8.61. The van der Waals surface area contributed by atoms with Crippen LogP contribution in [0.25, 0.3) is 11.0 Å². The van der Waals surface area contributed by atoms with Gasteiger partial charge in [0, 0.05) is 24.5 Å². The molecule has 0 unspecified atom stereocenters. The normalized spacial score (nSPS) is 15.5. The molecular formula is C24H26N2O4. The summed E-state index contributed by atoms with van der Waals surface area (Å²) in [7, 11) is 0. The third-order valence-electron chi connectivity index (χ3n) is 5.37. The minimum absolute atomic E-state index is 0.124. The maximum atomic E-state index is 12.6. The Labute approximate surface area is 175 Å². The van der Waals surface area contributed by atoms with Crippen LogP contribution in [-0.2, 0) is 17.8 Å². The van der Waals surface area contributed by atoms with Crippen molar-refractivity contribution in [1.29, 1.82) is 0 Å². The second-order valence-corrected chi connectivity index (χ2v) is 7.52. The van der Waals surface area contributed by atoms with Crippen LogP contribution >= 0.6 is 0 Å². The molecule has 4 rings (SSSR count). The molecule has 0 radical (unpaired) electrons. The highest BCUT2D eigenvalue weighted by molar-refractivity contribution is 5.84. The predicted molar refractivity (Wildman–Crippen MR) is 117 cm³/mol. The lowest BCUT2D eigenvalue weighted by molar-refractivity contribution is -0.127. The maximum Gasteiger partial charge on any atom is 0.336 e. The van der Waals surface area contributed by atoms with Crippen molar-refractivity contribution in [3.05, 3.63) is 70.1 Å². The number of nitrogens with zero attached hydrogens (tertiary/aromatic N) is 1. The third kappa shape index (κ3) is 4.03. The van der Waals surface area contributed by atoms with E-state index in [1.165, 1.54) is 6.07 Å². The van der Waals surface area contributed by atoms with Crippen LogP contribution in [0, 0.1) is 0 Å². The molecule has 0 bridgehead atoms. The topological polar surface area (TPSA) is 71.8 Å². The van der Waals surface area contributed by atoms with Gasteiger partial charge in [0.15, 0.2) is 6.10 Å². The van der Waals surface area contributed by atoms with Gasteiger partial charge < -0.3 is 19.4 Å². The van der Waals surface area contributed by atoms with Crippen LogP contribution in [0.3, 0.4) is 0 Å². The van der Waals surface area contributed by atoms with E-state index in [1.807, 2.05) is 43.3 Å². The number of ether oxygens (including phenoxy) is 1. The molecule has 1 amide bonds. The molecule has 1 atom stereocenters. The van der Waals surface area contributed by atoms with Crippen molar-refractivity contribution in [2.75, 3.05) is 18.0 Å². The van der Waals surface area contributed by atoms with Crippen molar-refractivity contribution in [2.24, 2.45) is 0 Å². The molecule has 2 heterocycles. The minimum Gasteiger partial charge on any atom is -0.477 e. The number of carbonyl (C=O) groups is 1. The molecule has 1 N–H and O–H groups in total. The number of anilines is 1. The Balaban J connectivity index is 1.69. The SMILES string of the molecule is CCCNC(=O)[C@@H]1CN(Cc2cc(=O)oc3cc(CC)ccc23)c2ccccc2O1. The Kier molecular flexibility index (Phi) is 5.74. The fourth-order valence-corrected chi connectivity index (χ4v) is 3.79. The van der Waals surface area contributed by atoms with Crippen molar-refractivity contribution in [3.8, 4) is 5.75 Å². The van der Waals surface area contributed by atoms with Crippen molar-refractivity contribution in [2.45, 2.75) is 39.3 Å². The number of hydrogen-bond donors (Lipinski definition) is 1. The van der Waals surface area contributed by atoms with Crippen LogP contribution < -0.4 is 20.6 Å². The van der Waals surface area contributed by atoms with E-state index < -0.39 is 6.10 Å². The molecule has 3 aromatic rings. The summed E-state index contributed by atoms with van der Waals surface area (Å²) in [4.78, 5) is 26.9. The molecular weight excluding hydrogens is 380 g/mol. The predicted octanol–water partition coefficient (Wildman–Crippen LogP) is 3.65. The molecule has 156 valence electrons. The van der Waals surface area contributed by atoms with Gasteiger partial charge in [-0.05, 0) is 42.2 Å². The van der Waals surface area contributed by atoms with Gasteiger partial charge in [0.05, 0.1) is 12.2 Å². The summed E-state index contributed by atoms with van der Waals surface area (Å²) in [6, 6.07) is 15.2. The molecule has 0 fully saturated rings. The van der Waals surface area contributed by atoms with Gasteiger partial charge in [-0.15, -0.1) is 0 Å². The fraction of sp³-hybridized carbons (Fsp3) is 0.333. The number of aryl methyl sites for hydroxylation is 1. The molecule has 2 aromatic carbocycles. The smallest absolute Gasteiger partial charge is 0.336 e. The summed E-state index contributed by atoms with van der Waals surface area (Å²) in [6.45, 7) is 5.58. The van der Waals surface area contributed by atoms with E-state index in [9.17, 15) is 9.59 Å². The quantitative estimate of drug-likeness (QED) is 0.633. The lowest BCUT2D eigenvalue weighted by Crippen LogP contribution is -2.49. The Bertz CT molecular complexity index is 1120. The molecule has 1 aliphatic rings. The van der Waals surface area contributed by atoms with Gasteiger partial charge in [-0.3, -0.25) is 4.79 Å². The molecule has 30 heavy (non-hydrogen) atoms. The Morgan fingerprint density at radius 1 is 1.17 bits per heavy atom. The zero-order valence-electron chi connectivity index (χ0n) is 17.3. The van der Waals surface area contributed by atoms with Gasteiger partial charge in [0.2, 0.25) is 0 Å². The van der Waals surface area contributed by atoms with Crippen LogP contribution in [0.15, 0.2) is 57.7 Å². The highest BCUT2D eigenvalue weighted by Crippen LogP contribution is 2.34. The number of hydrogen-bond acceptors (Lipinski definition) is 5. The first-order valence-electron chi connectivity index (χ1n) is 10.4. The standard InChI is InChI=1S/C24H26N2O4/c1-3-11-25-24(28)22-15-26(19-7-5-6-8-20(19)29-22)14-17-13-23(27)30-21-12-16(4-2)9-10-18(17)21/h5-10,12-13,22H,3-4,11,14-15H2,1-2H3,(H,25,28)/t22-/m0/s1. The van der Waals surface area contributed by atoms with Crippen LogP contribution in [-0.4, -0.2) is 25.1 Å². The Morgan fingerprint density at radius 3 is 2.80 bits per heavy atom. The second-order valence-electron chi connectivity index (χ2n) is 7.52. The van der Waals surface area contributed by atoms with E-state index in [2.05, 4.69) is 23.2 Å². The first-order chi connectivity index (χ1) is 14.6. The fourth-order valence-electron chi connectivity index (χ4n) is 3.79. The Morgan fingerprint density at radius 2 is 2.00 bits per heavy atom. The van der Waals surface area contributed by atoms with E-state index in [4.69, 9.17) is 9.15 Å². The van der Waals surface area contributed by atoms with Crippen molar-refractivity contribution in [1.82, 2.24) is 5.32 Å². The van der Waals surface area contributed by atoms with Gasteiger partial charge in [0.1, 0.15) is 11.3 Å². The lowest BCUT2D eigenvalue weighted by Gasteiger charge is -2.35. The number of rotatable bonds is 6. The van der Waals surface area contributed by atoms with E-state index in [1.54, 1.807) is 0 Å². The minimum atomic E-state index is -0.607. The van der Waals surface area contributed by atoms with E-state index in [0.29, 0.717) is 31.0 Å². The third-order valence-corrected chi connectivity index (χ3v) is 5.37. The van der Waals surface area contributed by atoms with Crippen molar-refractivity contribution >= 4 is 22.6 Å². The van der Waals surface area contributed by atoms with Gasteiger partial charge in [0.25, 0.3) is 5.91 Å². The molecule has 6 nitrogen and oxygen atoms in total. The summed E-state index contributed by atoms with van der Waals surface area (Å²) >= 11 is 0. The van der Waals surface area contributed by atoms with Crippen molar-refractivity contribution < 1.29 is 13.9 Å². The summed E-state index contributed by atoms with van der Waals surface area (Å²) in [6.07, 6.45) is 1.13. The van der Waals surface area contributed by atoms with Crippen LogP contribution in [0.2, 0.25) is 0 Å². The monoisotopic (exact) mass is 406 g/mol. The zero-order chi connectivity index (χ0) is 21.1. The van der Waals surface area contributed by atoms with E-state index in [-0.39, 0.29) is 11.5 Å². The highest BCUT2D eigenvalue weighted by atomic mass is 16.5. The number of benzene rings is 2. The molecule has 0 saturated heterocycles. The van der Waals surface area contributed by atoms with Crippen LogP contribution in [0.5, 0.6) is 5.75 Å². The van der Waals surface area contributed by atoms with Gasteiger partial charge in [-0.2, -0.15) is 0 Å². The van der Waals surface area contributed by atoms with E-state index >= 15 is 0 Å². The first kappa shape index (κ1) is 20.0. The molecule has 6 heteroatoms. The van der Waals surface area contributed by atoms with E-state index in [0.717, 1.165) is 35.0 Å². The Hall–Kier alpha value is -3.28. The number of amides is 1. The summed E-state index contributed by atoms with van der Waals surface area (Å²) < 4.78 is 11.4. The maximum absolute atomic E-state index is 12.6. The average molecular weight is 406 g/mol. The average Bonchev–Trinajstić information content (AvgIpc) is 2.76. The van der Waals surface area contributed by atoms with Gasteiger partial charge in [-0.1, -0.05) is 38.1 Å². The number of carbonyl (C=O) groups excluding carboxylic acids is 1. The molecule has 0 aliphatic carbocycles.